The fraction of sp³-hybridized carbons (Fsp3) is 0.571. The molecule has 176 valence electrons. The van der Waals surface area contributed by atoms with Gasteiger partial charge in [-0.3, -0.25) is 9.59 Å². The number of nitrogens with zero attached hydrogens (tertiary/aromatic N) is 2. The van der Waals surface area contributed by atoms with Crippen LogP contribution < -0.4 is 28.1 Å². The van der Waals surface area contributed by atoms with Crippen molar-refractivity contribution in [1.29, 1.82) is 0 Å². The Kier molecular flexibility index (Phi) is 23.7. The average Bonchev–Trinajstić information content (AvgIpc) is 2.65. The van der Waals surface area contributed by atoms with Gasteiger partial charge in [-0.2, -0.15) is 0 Å². The molecule has 0 aromatic rings. The van der Waals surface area contributed by atoms with Gasteiger partial charge in [0.2, 0.25) is 11.8 Å². The quantitative estimate of drug-likeness (QED) is 0.205. The SMILES string of the molecule is C=CC(=O)NC[N+](C)(C)CCC.C=CC(=O)NC[N+](C)(C)CCC.C=CC(=O)[O-].[Cl-]. The summed E-state index contributed by atoms with van der Waals surface area (Å²) in [5.74, 6) is -1.43. The van der Waals surface area contributed by atoms with Crippen LogP contribution in [-0.2, 0) is 14.4 Å². The fourth-order valence-electron chi connectivity index (χ4n) is 2.10. The molecule has 0 aliphatic heterocycles. The highest BCUT2D eigenvalue weighted by molar-refractivity contribution is 5.87. The molecular weight excluding hydrogens is 408 g/mol. The van der Waals surface area contributed by atoms with Crippen LogP contribution in [0.15, 0.2) is 38.0 Å². The molecule has 0 aliphatic rings. The molecule has 8 nitrogen and oxygen atoms in total. The molecule has 0 atom stereocenters. The summed E-state index contributed by atoms with van der Waals surface area (Å²) in [6.45, 7) is 17.4. The number of halogens is 1. The van der Waals surface area contributed by atoms with Crippen LogP contribution in [0.4, 0.5) is 0 Å². The number of quaternary nitrogens is 2. The van der Waals surface area contributed by atoms with Crippen molar-refractivity contribution in [2.75, 3.05) is 54.6 Å². The third-order valence-electron chi connectivity index (χ3n) is 3.56. The molecule has 0 radical (unpaired) electrons. The van der Waals surface area contributed by atoms with Gasteiger partial charge in [-0.05, 0) is 31.1 Å². The summed E-state index contributed by atoms with van der Waals surface area (Å²) in [4.78, 5) is 30.8. The minimum atomic E-state index is -1.23. The molecule has 0 bridgehead atoms. The first-order valence-electron chi connectivity index (χ1n) is 9.58. The first kappa shape index (κ1) is 35.3. The van der Waals surface area contributed by atoms with Crippen molar-refractivity contribution >= 4 is 17.8 Å². The molecule has 0 spiro atoms. The summed E-state index contributed by atoms with van der Waals surface area (Å²) in [7, 11) is 8.36. The van der Waals surface area contributed by atoms with Crippen LogP contribution in [0.5, 0.6) is 0 Å². The third-order valence-corrected chi connectivity index (χ3v) is 3.56. The first-order chi connectivity index (χ1) is 13.3. The lowest BCUT2D eigenvalue weighted by Crippen LogP contribution is -3.00. The molecule has 9 heteroatoms. The van der Waals surface area contributed by atoms with Crippen molar-refractivity contribution in [2.24, 2.45) is 0 Å². The number of carboxylic acids is 1. The molecule has 30 heavy (non-hydrogen) atoms. The molecule has 0 unspecified atom stereocenters. The van der Waals surface area contributed by atoms with E-state index in [-0.39, 0.29) is 24.2 Å². The molecule has 0 fully saturated rings. The highest BCUT2D eigenvalue weighted by atomic mass is 35.5. The molecule has 0 aromatic heterocycles. The minimum absolute atomic E-state index is 0. The number of nitrogens with one attached hydrogen (secondary N) is 2. The van der Waals surface area contributed by atoms with Gasteiger partial charge >= 0.3 is 0 Å². The number of hydrogen-bond donors (Lipinski definition) is 2. The standard InChI is InChI=1S/2C9H18N2O.C3H4O2.ClH/c2*1-5-7-11(3,4)8-10-9(12)6-2;1-2-3(4)5;/h2*6H,2,5,7-8H2,1,3-4H3;2H,1H2,(H,4,5);1H. The molecule has 0 heterocycles. The van der Waals surface area contributed by atoms with E-state index < -0.39 is 5.97 Å². The van der Waals surface area contributed by atoms with E-state index in [4.69, 9.17) is 9.90 Å². The fourth-order valence-corrected chi connectivity index (χ4v) is 2.10. The highest BCUT2D eigenvalue weighted by Crippen LogP contribution is 1.96. The molecule has 0 saturated carbocycles. The van der Waals surface area contributed by atoms with E-state index >= 15 is 0 Å². The summed E-state index contributed by atoms with van der Waals surface area (Å²) < 4.78 is 1.63. The third kappa shape index (κ3) is 28.1. The molecule has 2 N–H and O–H groups in total. The second-order valence-electron chi connectivity index (χ2n) is 7.65. The van der Waals surface area contributed by atoms with Gasteiger partial charge in [-0.25, -0.2) is 0 Å². The van der Waals surface area contributed by atoms with Gasteiger partial charge in [0.05, 0.1) is 47.2 Å². The minimum Gasteiger partial charge on any atom is -1.00 e. The normalized spacial score (nSPS) is 9.80. The van der Waals surface area contributed by atoms with Gasteiger partial charge in [-0.15, -0.1) is 0 Å². The van der Waals surface area contributed by atoms with Crippen LogP contribution in [0, 0.1) is 0 Å². The average molecular weight is 449 g/mol. The monoisotopic (exact) mass is 448 g/mol. The van der Waals surface area contributed by atoms with Gasteiger partial charge in [0.15, 0.2) is 13.3 Å². The van der Waals surface area contributed by atoms with Crippen LogP contribution >= 0.6 is 0 Å². The Balaban J connectivity index is -0.000000180. The molecule has 0 rings (SSSR count). The lowest BCUT2D eigenvalue weighted by atomic mass is 10.4. The van der Waals surface area contributed by atoms with Gasteiger partial charge < -0.3 is 41.9 Å². The Morgan fingerprint density at radius 2 is 1.03 bits per heavy atom. The van der Waals surface area contributed by atoms with Crippen molar-refractivity contribution in [2.45, 2.75) is 26.7 Å². The second-order valence-corrected chi connectivity index (χ2v) is 7.65. The summed E-state index contributed by atoms with van der Waals surface area (Å²) in [6.07, 6.45) is 5.56. The van der Waals surface area contributed by atoms with Crippen molar-refractivity contribution in [3.05, 3.63) is 38.0 Å². The van der Waals surface area contributed by atoms with E-state index in [1.165, 1.54) is 12.2 Å². The lowest BCUT2D eigenvalue weighted by molar-refractivity contribution is -0.892. The number of amides is 2. The smallest absolute Gasteiger partial charge is 0.247 e. The zero-order chi connectivity index (χ0) is 23.5. The summed E-state index contributed by atoms with van der Waals surface area (Å²) in [6, 6.07) is 0. The topological polar surface area (TPSA) is 98.3 Å². The highest BCUT2D eigenvalue weighted by Gasteiger charge is 2.13. The van der Waals surface area contributed by atoms with Gasteiger partial charge in [0, 0.05) is 0 Å². The maximum Gasteiger partial charge on any atom is 0.247 e. The number of rotatable bonds is 11. The van der Waals surface area contributed by atoms with E-state index in [1.807, 2.05) is 0 Å². The number of carbonyl (C=O) groups is 3. The lowest BCUT2D eigenvalue weighted by Gasteiger charge is -2.28. The number of hydrogen-bond acceptors (Lipinski definition) is 4. The summed E-state index contributed by atoms with van der Waals surface area (Å²) >= 11 is 0. The molecule has 0 saturated heterocycles. The number of aliphatic carboxylic acids is 1. The van der Waals surface area contributed by atoms with E-state index in [0.29, 0.717) is 13.3 Å². The largest absolute Gasteiger partial charge is 1.00 e. The number of carbonyl (C=O) groups excluding carboxylic acids is 3. The van der Waals surface area contributed by atoms with Gasteiger partial charge in [0.25, 0.3) is 0 Å². The Bertz CT molecular complexity index is 497. The number of carboxylic acid groups (broad SMARTS) is 1. The second kappa shape index (κ2) is 20.1. The maximum atomic E-state index is 10.8. The van der Waals surface area contributed by atoms with Crippen LogP contribution in [0.3, 0.4) is 0 Å². The van der Waals surface area contributed by atoms with E-state index in [9.17, 15) is 9.59 Å². The predicted molar refractivity (Wildman–Crippen MR) is 116 cm³/mol. The summed E-state index contributed by atoms with van der Waals surface area (Å²) in [5, 5.41) is 14.7. The first-order valence-corrected chi connectivity index (χ1v) is 9.58. The van der Waals surface area contributed by atoms with Gasteiger partial charge in [-0.1, -0.05) is 33.6 Å². The zero-order valence-electron chi connectivity index (χ0n) is 19.5. The van der Waals surface area contributed by atoms with Crippen molar-refractivity contribution < 1.29 is 40.9 Å². The van der Waals surface area contributed by atoms with Crippen LogP contribution in [0.25, 0.3) is 0 Å². The Morgan fingerprint density at radius 3 is 1.20 bits per heavy atom. The van der Waals surface area contributed by atoms with Crippen LogP contribution in [-0.4, -0.2) is 81.4 Å². The van der Waals surface area contributed by atoms with Crippen LogP contribution in [0.2, 0.25) is 0 Å². The zero-order valence-corrected chi connectivity index (χ0v) is 20.3. The van der Waals surface area contributed by atoms with Gasteiger partial charge in [0.1, 0.15) is 0 Å². The summed E-state index contributed by atoms with van der Waals surface area (Å²) in [5.41, 5.74) is 0. The molecular formula is C21H41ClN4O4. The molecule has 0 aromatic carbocycles. The van der Waals surface area contributed by atoms with Crippen molar-refractivity contribution in [3.8, 4) is 0 Å². The van der Waals surface area contributed by atoms with Crippen molar-refractivity contribution in [1.82, 2.24) is 10.6 Å². The molecule has 0 aliphatic carbocycles. The molecule has 2 amide bonds. The van der Waals surface area contributed by atoms with Crippen molar-refractivity contribution in [3.63, 3.8) is 0 Å². The Labute approximate surface area is 188 Å². The van der Waals surface area contributed by atoms with E-state index in [0.717, 1.165) is 41.0 Å². The van der Waals surface area contributed by atoms with E-state index in [1.54, 1.807) is 0 Å². The Hall–Kier alpha value is -2.16. The van der Waals surface area contributed by atoms with Crippen LogP contribution in [0.1, 0.15) is 26.7 Å². The van der Waals surface area contributed by atoms with E-state index in [2.05, 4.69) is 72.4 Å². The Morgan fingerprint density at radius 1 is 0.767 bits per heavy atom. The predicted octanol–water partition coefficient (Wildman–Crippen LogP) is -2.61. The maximum absolute atomic E-state index is 10.8.